The van der Waals surface area contributed by atoms with E-state index in [-0.39, 0.29) is 31.5 Å². The van der Waals surface area contributed by atoms with Gasteiger partial charge in [0, 0.05) is 32.1 Å². The number of amides is 2. The third-order valence-electron chi connectivity index (χ3n) is 5.53. The van der Waals surface area contributed by atoms with Crippen LogP contribution in [-0.4, -0.2) is 72.1 Å². The van der Waals surface area contributed by atoms with Crippen LogP contribution in [0.5, 0.6) is 5.75 Å². The third kappa shape index (κ3) is 6.07. The highest BCUT2D eigenvalue weighted by Gasteiger charge is 2.40. The van der Waals surface area contributed by atoms with Crippen molar-refractivity contribution < 1.29 is 33.4 Å². The van der Waals surface area contributed by atoms with Crippen LogP contribution in [0.1, 0.15) is 17.5 Å². The quantitative estimate of drug-likeness (QED) is 0.603. The van der Waals surface area contributed by atoms with Gasteiger partial charge in [0.1, 0.15) is 17.6 Å². The number of benzene rings is 2. The van der Waals surface area contributed by atoms with E-state index < -0.39 is 42.4 Å². The van der Waals surface area contributed by atoms with Gasteiger partial charge in [0.05, 0.1) is 19.6 Å². The van der Waals surface area contributed by atoms with Gasteiger partial charge in [-0.05, 0) is 17.7 Å². The topological polar surface area (TPSA) is 96.4 Å². The standard InChI is InChI=1S/C24H27FN2O6/c1-26(13-17-8-4-6-10-21(17)32-2)23(30)15-33-24(31)20-12-18(28)14-27(20)22(29)11-16-7-3-5-9-19(16)25/h3-10,18,20,28H,11-15H2,1-2H3. The summed E-state index contributed by atoms with van der Waals surface area (Å²) < 4.78 is 24.3. The molecule has 2 amide bonds. The number of aliphatic hydroxyl groups excluding tert-OH is 1. The molecule has 2 aromatic carbocycles. The Labute approximate surface area is 191 Å². The third-order valence-corrected chi connectivity index (χ3v) is 5.53. The number of esters is 1. The number of β-amino-alcohol motifs (C(OH)–C–C–N with tert-alkyl or cyclic N) is 1. The van der Waals surface area contributed by atoms with Gasteiger partial charge in [-0.1, -0.05) is 36.4 Å². The second-order valence-electron chi connectivity index (χ2n) is 7.89. The van der Waals surface area contributed by atoms with Gasteiger partial charge in [-0.2, -0.15) is 0 Å². The predicted molar refractivity (Wildman–Crippen MR) is 117 cm³/mol. The number of hydrogen-bond acceptors (Lipinski definition) is 6. The molecule has 2 unspecified atom stereocenters. The molecule has 1 aliphatic rings. The van der Waals surface area contributed by atoms with Crippen molar-refractivity contribution >= 4 is 17.8 Å². The van der Waals surface area contributed by atoms with Gasteiger partial charge in [-0.25, -0.2) is 9.18 Å². The minimum atomic E-state index is -1.04. The van der Waals surface area contributed by atoms with E-state index in [2.05, 4.69) is 0 Å². The molecule has 1 fully saturated rings. The molecule has 33 heavy (non-hydrogen) atoms. The number of hydrogen-bond donors (Lipinski definition) is 1. The van der Waals surface area contributed by atoms with Crippen molar-refractivity contribution in [1.82, 2.24) is 9.80 Å². The summed E-state index contributed by atoms with van der Waals surface area (Å²) in [6.07, 6.45) is -1.16. The first kappa shape index (κ1) is 24.2. The number of aliphatic hydroxyl groups is 1. The van der Waals surface area contributed by atoms with E-state index in [1.165, 1.54) is 35.1 Å². The van der Waals surface area contributed by atoms with Crippen LogP contribution in [0.15, 0.2) is 48.5 Å². The summed E-state index contributed by atoms with van der Waals surface area (Å²) in [5, 5.41) is 10.0. The predicted octanol–water partition coefficient (Wildman–Crippen LogP) is 1.54. The molecule has 0 bridgehead atoms. The van der Waals surface area contributed by atoms with E-state index in [0.717, 1.165) is 5.56 Å². The van der Waals surface area contributed by atoms with Crippen molar-refractivity contribution in [2.75, 3.05) is 27.3 Å². The van der Waals surface area contributed by atoms with Gasteiger partial charge in [0.2, 0.25) is 5.91 Å². The number of halogens is 1. The summed E-state index contributed by atoms with van der Waals surface area (Å²) in [6.45, 7) is -0.309. The summed E-state index contributed by atoms with van der Waals surface area (Å²) >= 11 is 0. The summed E-state index contributed by atoms with van der Waals surface area (Å²) in [5.41, 5.74) is 0.996. The summed E-state index contributed by atoms with van der Waals surface area (Å²) in [7, 11) is 3.11. The molecular weight excluding hydrogens is 431 g/mol. The van der Waals surface area contributed by atoms with E-state index in [4.69, 9.17) is 9.47 Å². The van der Waals surface area contributed by atoms with Crippen LogP contribution in [0.3, 0.4) is 0 Å². The normalized spacial score (nSPS) is 17.5. The molecule has 1 aliphatic heterocycles. The van der Waals surface area contributed by atoms with Crippen molar-refractivity contribution in [3.8, 4) is 5.75 Å². The number of rotatable bonds is 8. The lowest BCUT2D eigenvalue weighted by atomic mass is 10.1. The van der Waals surface area contributed by atoms with Gasteiger partial charge in [-0.15, -0.1) is 0 Å². The van der Waals surface area contributed by atoms with Gasteiger partial charge in [-0.3, -0.25) is 9.59 Å². The Hall–Kier alpha value is -3.46. The maximum Gasteiger partial charge on any atom is 0.329 e. The van der Waals surface area contributed by atoms with E-state index in [1.54, 1.807) is 19.2 Å². The van der Waals surface area contributed by atoms with Crippen LogP contribution in [0.2, 0.25) is 0 Å². The number of methoxy groups -OCH3 is 1. The van der Waals surface area contributed by atoms with Crippen molar-refractivity contribution in [2.24, 2.45) is 0 Å². The molecule has 0 spiro atoms. The van der Waals surface area contributed by atoms with Crippen LogP contribution in [0.25, 0.3) is 0 Å². The molecule has 0 aromatic heterocycles. The van der Waals surface area contributed by atoms with Gasteiger partial charge >= 0.3 is 5.97 Å². The first-order valence-corrected chi connectivity index (χ1v) is 10.5. The highest BCUT2D eigenvalue weighted by Crippen LogP contribution is 2.22. The number of para-hydroxylation sites is 1. The zero-order valence-corrected chi connectivity index (χ0v) is 18.6. The van der Waals surface area contributed by atoms with E-state index in [1.807, 2.05) is 18.2 Å². The monoisotopic (exact) mass is 458 g/mol. The maximum absolute atomic E-state index is 13.9. The fourth-order valence-electron chi connectivity index (χ4n) is 3.74. The van der Waals surface area contributed by atoms with Crippen molar-refractivity contribution in [3.63, 3.8) is 0 Å². The van der Waals surface area contributed by atoms with Crippen LogP contribution in [0, 0.1) is 5.82 Å². The fraction of sp³-hybridized carbons (Fsp3) is 0.375. The molecule has 176 valence electrons. The minimum Gasteiger partial charge on any atom is -0.496 e. The second kappa shape index (κ2) is 10.9. The van der Waals surface area contributed by atoms with Crippen LogP contribution in [-0.2, 0) is 32.1 Å². The number of likely N-dealkylation sites (N-methyl/N-ethyl adjacent to an activating group) is 1. The molecule has 9 heteroatoms. The van der Waals surface area contributed by atoms with Crippen LogP contribution < -0.4 is 4.74 Å². The Morgan fingerprint density at radius 2 is 1.79 bits per heavy atom. The lowest BCUT2D eigenvalue weighted by molar-refractivity contribution is -0.157. The Kier molecular flexibility index (Phi) is 8.00. The van der Waals surface area contributed by atoms with Crippen molar-refractivity contribution in [1.29, 1.82) is 0 Å². The Balaban J connectivity index is 1.57. The molecule has 2 aromatic rings. The first-order chi connectivity index (χ1) is 15.8. The second-order valence-corrected chi connectivity index (χ2v) is 7.89. The Morgan fingerprint density at radius 1 is 1.12 bits per heavy atom. The summed E-state index contributed by atoms with van der Waals surface area (Å²) in [6, 6.07) is 12.1. The average Bonchev–Trinajstić information content (AvgIpc) is 3.21. The minimum absolute atomic E-state index is 0.00686. The Morgan fingerprint density at radius 3 is 2.48 bits per heavy atom. The molecule has 2 atom stereocenters. The summed E-state index contributed by atoms with van der Waals surface area (Å²) in [4.78, 5) is 40.4. The van der Waals surface area contributed by atoms with E-state index in [0.29, 0.717) is 5.75 Å². The van der Waals surface area contributed by atoms with Gasteiger partial charge in [0.25, 0.3) is 5.91 Å². The van der Waals surface area contributed by atoms with Gasteiger partial charge < -0.3 is 24.4 Å². The fourth-order valence-corrected chi connectivity index (χ4v) is 3.74. The lowest BCUT2D eigenvalue weighted by Crippen LogP contribution is -2.43. The summed E-state index contributed by atoms with van der Waals surface area (Å²) in [5.74, 6) is -1.60. The van der Waals surface area contributed by atoms with E-state index >= 15 is 0 Å². The lowest BCUT2D eigenvalue weighted by Gasteiger charge is -2.24. The molecule has 1 saturated heterocycles. The molecule has 0 radical (unpaired) electrons. The Bertz CT molecular complexity index is 1010. The largest absolute Gasteiger partial charge is 0.496 e. The number of likely N-dealkylation sites (tertiary alicyclic amines) is 1. The maximum atomic E-state index is 13.9. The van der Waals surface area contributed by atoms with Crippen molar-refractivity contribution in [3.05, 3.63) is 65.5 Å². The molecule has 1 heterocycles. The number of nitrogens with zero attached hydrogens (tertiary/aromatic N) is 2. The molecule has 8 nitrogen and oxygen atoms in total. The molecular formula is C24H27FN2O6. The zero-order valence-electron chi connectivity index (χ0n) is 18.6. The highest BCUT2D eigenvalue weighted by molar-refractivity contribution is 5.88. The molecule has 3 rings (SSSR count). The SMILES string of the molecule is COc1ccccc1CN(C)C(=O)COC(=O)C1CC(O)CN1C(=O)Cc1ccccc1F. The van der Waals surface area contributed by atoms with E-state index in [9.17, 15) is 23.9 Å². The molecule has 0 aliphatic carbocycles. The first-order valence-electron chi connectivity index (χ1n) is 10.5. The number of carbonyl (C=O) groups excluding carboxylic acids is 3. The van der Waals surface area contributed by atoms with Crippen LogP contribution in [0.4, 0.5) is 4.39 Å². The molecule has 0 saturated carbocycles. The average molecular weight is 458 g/mol. The molecule has 1 N–H and O–H groups in total. The van der Waals surface area contributed by atoms with Crippen molar-refractivity contribution in [2.45, 2.75) is 31.5 Å². The number of ether oxygens (including phenoxy) is 2. The highest BCUT2D eigenvalue weighted by atomic mass is 19.1. The number of carbonyl (C=O) groups is 3. The van der Waals surface area contributed by atoms with Gasteiger partial charge in [0.15, 0.2) is 6.61 Å². The zero-order chi connectivity index (χ0) is 24.0. The smallest absolute Gasteiger partial charge is 0.329 e. The van der Waals surface area contributed by atoms with Crippen LogP contribution >= 0.6 is 0 Å².